The Kier molecular flexibility index (Phi) is 6.91. The number of rotatable bonds is 6. The molecule has 1 N–H and O–H groups in total. The Balaban J connectivity index is 2.50. The molecule has 28 heavy (non-hydrogen) atoms. The highest BCUT2D eigenvalue weighted by molar-refractivity contribution is 7.89. The fourth-order valence-electron chi connectivity index (χ4n) is 2.92. The highest BCUT2D eigenvalue weighted by Gasteiger charge is 2.23. The van der Waals surface area contributed by atoms with Gasteiger partial charge in [0.25, 0.3) is 5.91 Å². The van der Waals surface area contributed by atoms with Crippen LogP contribution in [-0.4, -0.2) is 32.7 Å². The minimum Gasteiger partial charge on any atom is -0.321 e. The van der Waals surface area contributed by atoms with Crippen LogP contribution in [0.1, 0.15) is 61.0 Å². The van der Waals surface area contributed by atoms with E-state index in [9.17, 15) is 13.2 Å². The summed E-state index contributed by atoms with van der Waals surface area (Å²) in [4.78, 5) is 12.9. The molecular formula is C21H27ClN2O3S. The number of halogens is 1. The second kappa shape index (κ2) is 8.64. The fraction of sp³-hybridized carbons (Fsp3) is 0.381. The van der Waals surface area contributed by atoms with Crippen molar-refractivity contribution in [3.63, 3.8) is 0 Å². The van der Waals surface area contributed by atoms with E-state index >= 15 is 0 Å². The highest BCUT2D eigenvalue weighted by Crippen LogP contribution is 2.33. The van der Waals surface area contributed by atoms with Crippen molar-refractivity contribution in [2.24, 2.45) is 0 Å². The van der Waals surface area contributed by atoms with E-state index in [2.05, 4.69) is 33.0 Å². The summed E-state index contributed by atoms with van der Waals surface area (Å²) in [5.41, 5.74) is 3.09. The van der Waals surface area contributed by atoms with Crippen molar-refractivity contribution in [1.82, 2.24) is 4.31 Å². The molecule has 0 spiro atoms. The third kappa shape index (κ3) is 4.57. The van der Waals surface area contributed by atoms with Crippen molar-refractivity contribution < 1.29 is 13.2 Å². The standard InChI is InChI=1S/C21H27ClN2O3S/c1-13(2)16-8-7-9-17(14(3)4)20(16)23-21(25)15-10-11-18(22)19(12-15)28(26,27)24(5)6/h7-14H,1-6H3,(H,23,25). The van der Waals surface area contributed by atoms with Gasteiger partial charge >= 0.3 is 0 Å². The van der Waals surface area contributed by atoms with E-state index in [0.29, 0.717) is 0 Å². The summed E-state index contributed by atoms with van der Waals surface area (Å²) in [5.74, 6) is 0.0784. The minimum absolute atomic E-state index is 0.0794. The Morgan fingerprint density at radius 3 is 2.00 bits per heavy atom. The molecule has 5 nitrogen and oxygen atoms in total. The SMILES string of the molecule is CC(C)c1cccc(C(C)C)c1NC(=O)c1ccc(Cl)c(S(=O)(=O)N(C)C)c1. The zero-order chi connectivity index (χ0) is 21.2. The van der Waals surface area contributed by atoms with Crippen LogP contribution in [0.25, 0.3) is 0 Å². The summed E-state index contributed by atoms with van der Waals surface area (Å²) in [6.45, 7) is 8.27. The maximum atomic E-state index is 13.0. The van der Waals surface area contributed by atoms with Crippen LogP contribution in [0.4, 0.5) is 5.69 Å². The van der Waals surface area contributed by atoms with Gasteiger partial charge < -0.3 is 5.32 Å². The molecule has 0 atom stereocenters. The molecule has 0 heterocycles. The van der Waals surface area contributed by atoms with Crippen LogP contribution in [0.5, 0.6) is 0 Å². The van der Waals surface area contributed by atoms with Crippen molar-refractivity contribution >= 4 is 33.2 Å². The van der Waals surface area contributed by atoms with Crippen molar-refractivity contribution in [2.45, 2.75) is 44.4 Å². The van der Waals surface area contributed by atoms with Gasteiger partial charge in [-0.25, -0.2) is 12.7 Å². The number of benzene rings is 2. The van der Waals surface area contributed by atoms with Crippen LogP contribution >= 0.6 is 11.6 Å². The van der Waals surface area contributed by atoms with E-state index in [1.165, 1.54) is 32.3 Å². The Labute approximate surface area is 172 Å². The molecule has 0 aliphatic rings. The van der Waals surface area contributed by atoms with E-state index in [4.69, 9.17) is 11.6 Å². The van der Waals surface area contributed by atoms with Crippen LogP contribution in [-0.2, 0) is 10.0 Å². The highest BCUT2D eigenvalue weighted by atomic mass is 35.5. The monoisotopic (exact) mass is 422 g/mol. The molecule has 0 aliphatic heterocycles. The summed E-state index contributed by atoms with van der Waals surface area (Å²) < 4.78 is 26.0. The number of carbonyl (C=O) groups is 1. The van der Waals surface area contributed by atoms with Gasteiger partial charge in [-0.2, -0.15) is 0 Å². The average molecular weight is 423 g/mol. The van der Waals surface area contributed by atoms with Gasteiger partial charge in [-0.15, -0.1) is 0 Å². The molecule has 2 rings (SSSR count). The molecule has 0 fully saturated rings. The predicted molar refractivity (Wildman–Crippen MR) is 115 cm³/mol. The van der Waals surface area contributed by atoms with Crippen molar-refractivity contribution in [3.05, 3.63) is 58.1 Å². The molecule has 2 aromatic carbocycles. The molecule has 1 amide bonds. The molecule has 0 bridgehead atoms. The van der Waals surface area contributed by atoms with Crippen molar-refractivity contribution in [2.75, 3.05) is 19.4 Å². The molecule has 0 unspecified atom stereocenters. The number of nitrogens with zero attached hydrogens (tertiary/aromatic N) is 1. The third-order valence-electron chi connectivity index (χ3n) is 4.56. The molecule has 0 aliphatic carbocycles. The van der Waals surface area contributed by atoms with Gasteiger partial charge in [0.15, 0.2) is 0 Å². The lowest BCUT2D eigenvalue weighted by atomic mass is 9.92. The number of carbonyl (C=O) groups excluding carboxylic acids is 1. The maximum absolute atomic E-state index is 13.0. The van der Waals surface area contributed by atoms with Gasteiger partial charge in [0.1, 0.15) is 4.90 Å². The first-order valence-electron chi connectivity index (χ1n) is 9.13. The fourth-order valence-corrected chi connectivity index (χ4v) is 4.31. The van der Waals surface area contributed by atoms with E-state index in [1.807, 2.05) is 18.2 Å². The molecule has 0 radical (unpaired) electrons. The molecule has 7 heteroatoms. The molecule has 152 valence electrons. The number of para-hydroxylation sites is 1. The number of anilines is 1. The first-order chi connectivity index (χ1) is 13.0. The van der Waals surface area contributed by atoms with Crippen molar-refractivity contribution in [1.29, 1.82) is 0 Å². The largest absolute Gasteiger partial charge is 0.321 e. The number of amides is 1. The van der Waals surface area contributed by atoms with Gasteiger partial charge in [0.2, 0.25) is 10.0 Å². The number of hydrogen-bond donors (Lipinski definition) is 1. The van der Waals surface area contributed by atoms with Crippen LogP contribution in [0.15, 0.2) is 41.3 Å². The first kappa shape index (κ1) is 22.4. The quantitative estimate of drug-likeness (QED) is 0.705. The minimum atomic E-state index is -3.76. The topological polar surface area (TPSA) is 66.5 Å². The molecule has 0 aromatic heterocycles. The third-order valence-corrected chi connectivity index (χ3v) is 6.86. The summed E-state index contributed by atoms with van der Waals surface area (Å²) in [7, 11) is -0.913. The van der Waals surface area contributed by atoms with Gasteiger partial charge in [0.05, 0.1) is 5.02 Å². The summed E-state index contributed by atoms with van der Waals surface area (Å²) in [6.07, 6.45) is 0. The van der Waals surface area contributed by atoms with Crippen LogP contribution < -0.4 is 5.32 Å². The van der Waals surface area contributed by atoms with Crippen LogP contribution in [0, 0.1) is 0 Å². The summed E-state index contributed by atoms with van der Waals surface area (Å²) in [6, 6.07) is 10.3. The van der Waals surface area contributed by atoms with Crippen molar-refractivity contribution in [3.8, 4) is 0 Å². The summed E-state index contributed by atoms with van der Waals surface area (Å²) >= 11 is 6.09. The molecular weight excluding hydrogens is 396 g/mol. The smallest absolute Gasteiger partial charge is 0.255 e. The zero-order valence-corrected chi connectivity index (χ0v) is 18.6. The van der Waals surface area contributed by atoms with Gasteiger partial charge in [-0.1, -0.05) is 57.5 Å². The maximum Gasteiger partial charge on any atom is 0.255 e. The van der Waals surface area contributed by atoms with Crippen LogP contribution in [0.2, 0.25) is 5.02 Å². The van der Waals surface area contributed by atoms with Gasteiger partial charge in [-0.3, -0.25) is 4.79 Å². The van der Waals surface area contributed by atoms with Gasteiger partial charge in [0, 0.05) is 25.3 Å². The van der Waals surface area contributed by atoms with E-state index in [0.717, 1.165) is 21.1 Å². The van der Waals surface area contributed by atoms with E-state index < -0.39 is 10.0 Å². The molecule has 0 saturated heterocycles. The lowest BCUT2D eigenvalue weighted by Crippen LogP contribution is -2.23. The van der Waals surface area contributed by atoms with E-state index in [-0.39, 0.29) is 33.2 Å². The van der Waals surface area contributed by atoms with Crippen LogP contribution in [0.3, 0.4) is 0 Å². The van der Waals surface area contributed by atoms with E-state index in [1.54, 1.807) is 0 Å². The lowest BCUT2D eigenvalue weighted by molar-refractivity contribution is 0.102. The predicted octanol–water partition coefficient (Wildman–Crippen LogP) is 5.09. The number of hydrogen-bond acceptors (Lipinski definition) is 3. The number of sulfonamides is 1. The second-order valence-electron chi connectivity index (χ2n) is 7.51. The number of nitrogens with one attached hydrogen (secondary N) is 1. The Hall–Kier alpha value is -1.89. The Bertz CT molecular complexity index is 957. The second-order valence-corrected chi connectivity index (χ2v) is 10.0. The molecule has 0 saturated carbocycles. The first-order valence-corrected chi connectivity index (χ1v) is 10.9. The molecule has 2 aromatic rings. The van der Waals surface area contributed by atoms with Gasteiger partial charge in [-0.05, 0) is 41.2 Å². The Morgan fingerprint density at radius 2 is 1.54 bits per heavy atom. The average Bonchev–Trinajstić information content (AvgIpc) is 2.61. The summed E-state index contributed by atoms with van der Waals surface area (Å²) in [5, 5.41) is 3.07. The Morgan fingerprint density at radius 1 is 1.00 bits per heavy atom. The lowest BCUT2D eigenvalue weighted by Gasteiger charge is -2.20. The zero-order valence-electron chi connectivity index (χ0n) is 17.1. The normalized spacial score (nSPS) is 12.1.